The van der Waals surface area contributed by atoms with Gasteiger partial charge in [-0.25, -0.2) is 0 Å². The number of nitrogens with two attached hydrogens (primary N) is 2. The third-order valence-electron chi connectivity index (χ3n) is 1.11. The van der Waals surface area contributed by atoms with Crippen molar-refractivity contribution in [1.82, 2.24) is 0 Å². The number of hydrogen-bond donors (Lipinski definition) is 3. The molecule has 0 saturated carbocycles. The van der Waals surface area contributed by atoms with Gasteiger partial charge in [-0.15, -0.1) is 0 Å². The van der Waals surface area contributed by atoms with E-state index < -0.39 is 5.97 Å². The van der Waals surface area contributed by atoms with Gasteiger partial charge in [0.1, 0.15) is 0 Å². The Hall–Kier alpha value is -1.26. The molecule has 0 bridgehead atoms. The van der Waals surface area contributed by atoms with Crippen LogP contribution in [0.15, 0.2) is 4.99 Å². The number of rotatable bonds is 4. The number of carboxylic acids is 1. The molecule has 0 aliphatic carbocycles. The number of guanidine groups is 1. The number of carboxylic acid groups (broad SMARTS) is 1. The number of unbranched alkanes of at least 4 members (excludes halogenated alkanes) is 1. The van der Waals surface area contributed by atoms with Gasteiger partial charge in [-0.1, -0.05) is 20.3 Å². The third kappa shape index (κ3) is 24.9. The van der Waals surface area contributed by atoms with Crippen molar-refractivity contribution in [1.29, 1.82) is 0 Å². The molecule has 5 heteroatoms. The van der Waals surface area contributed by atoms with Gasteiger partial charge in [0.2, 0.25) is 0 Å². The summed E-state index contributed by atoms with van der Waals surface area (Å²) in [7, 11) is 0. The second kappa shape index (κ2) is 10.7. The average molecular weight is 189 g/mol. The van der Waals surface area contributed by atoms with Gasteiger partial charge in [0.25, 0.3) is 0 Å². The molecule has 0 aromatic carbocycles. The second-order valence-corrected chi connectivity index (χ2v) is 2.41. The molecule has 78 valence electrons. The first kappa shape index (κ1) is 14.3. The summed E-state index contributed by atoms with van der Waals surface area (Å²) in [6.07, 6.45) is 2.43. The van der Waals surface area contributed by atoms with E-state index in [9.17, 15) is 4.79 Å². The van der Waals surface area contributed by atoms with Gasteiger partial charge in [-0.2, -0.15) is 0 Å². The SMILES string of the molecule is CCC(=O)O.CCCCN=C(N)N. The molecule has 0 aliphatic heterocycles. The molecule has 0 aromatic rings. The van der Waals surface area contributed by atoms with Gasteiger partial charge < -0.3 is 16.6 Å². The zero-order valence-corrected chi connectivity index (χ0v) is 8.29. The Balaban J connectivity index is 0. The highest BCUT2D eigenvalue weighted by Gasteiger charge is 1.81. The summed E-state index contributed by atoms with van der Waals surface area (Å²) in [6, 6.07) is 0. The zero-order valence-electron chi connectivity index (χ0n) is 8.29. The van der Waals surface area contributed by atoms with E-state index in [-0.39, 0.29) is 12.4 Å². The Bertz CT molecular complexity index is 153. The molecule has 5 nitrogen and oxygen atoms in total. The molecule has 0 rings (SSSR count). The van der Waals surface area contributed by atoms with Crippen LogP contribution in [0.5, 0.6) is 0 Å². The molecule has 13 heavy (non-hydrogen) atoms. The van der Waals surface area contributed by atoms with Gasteiger partial charge in [-0.3, -0.25) is 9.79 Å². The van der Waals surface area contributed by atoms with Crippen LogP contribution in [0.1, 0.15) is 33.1 Å². The maximum absolute atomic E-state index is 9.37. The molecule has 0 atom stereocenters. The van der Waals surface area contributed by atoms with Crippen LogP contribution in [0.4, 0.5) is 0 Å². The average Bonchev–Trinajstić information content (AvgIpc) is 2.05. The molecular weight excluding hydrogens is 170 g/mol. The van der Waals surface area contributed by atoms with Crippen LogP contribution in [0.3, 0.4) is 0 Å². The fourth-order valence-electron chi connectivity index (χ4n) is 0.366. The van der Waals surface area contributed by atoms with Crippen molar-refractivity contribution in [3.63, 3.8) is 0 Å². The Morgan fingerprint density at radius 2 is 1.85 bits per heavy atom. The fraction of sp³-hybridized carbons (Fsp3) is 0.750. The van der Waals surface area contributed by atoms with Gasteiger partial charge in [0.15, 0.2) is 5.96 Å². The first-order valence-electron chi connectivity index (χ1n) is 4.31. The summed E-state index contributed by atoms with van der Waals surface area (Å²) in [5.41, 5.74) is 10.1. The highest BCUT2D eigenvalue weighted by Crippen LogP contribution is 1.84. The fourth-order valence-corrected chi connectivity index (χ4v) is 0.366. The summed E-state index contributed by atoms with van der Waals surface area (Å²) in [4.78, 5) is 13.2. The predicted octanol–water partition coefficient (Wildman–Crippen LogP) is 0.541. The van der Waals surface area contributed by atoms with E-state index in [1.54, 1.807) is 6.92 Å². The van der Waals surface area contributed by atoms with Crippen molar-refractivity contribution < 1.29 is 9.90 Å². The highest BCUT2D eigenvalue weighted by atomic mass is 16.4. The molecule has 0 spiro atoms. The quantitative estimate of drug-likeness (QED) is 0.341. The van der Waals surface area contributed by atoms with Crippen molar-refractivity contribution in [3.8, 4) is 0 Å². The van der Waals surface area contributed by atoms with Crippen molar-refractivity contribution in [2.24, 2.45) is 16.5 Å². The minimum Gasteiger partial charge on any atom is -0.481 e. The van der Waals surface area contributed by atoms with Crippen molar-refractivity contribution in [2.45, 2.75) is 33.1 Å². The molecule has 0 aromatic heterocycles. The van der Waals surface area contributed by atoms with E-state index >= 15 is 0 Å². The number of aliphatic imine (C=N–C) groups is 1. The highest BCUT2D eigenvalue weighted by molar-refractivity contribution is 5.75. The number of nitrogens with zero attached hydrogens (tertiary/aromatic N) is 1. The Morgan fingerprint density at radius 3 is 2.08 bits per heavy atom. The predicted molar refractivity (Wildman–Crippen MR) is 53.5 cm³/mol. The Labute approximate surface area is 78.8 Å². The smallest absolute Gasteiger partial charge is 0.303 e. The van der Waals surface area contributed by atoms with E-state index in [0.717, 1.165) is 19.4 Å². The maximum Gasteiger partial charge on any atom is 0.303 e. The largest absolute Gasteiger partial charge is 0.481 e. The van der Waals surface area contributed by atoms with Crippen molar-refractivity contribution in [2.75, 3.05) is 6.54 Å². The molecule has 5 N–H and O–H groups in total. The molecule has 0 fully saturated rings. The standard InChI is InChI=1S/C5H13N3.C3H6O2/c1-2-3-4-8-5(6)7;1-2-3(4)5/h2-4H2,1H3,(H4,6,7,8);2H2,1H3,(H,4,5). The normalized spacial score (nSPS) is 8.15. The summed E-state index contributed by atoms with van der Waals surface area (Å²) >= 11 is 0. The van der Waals surface area contributed by atoms with Crippen molar-refractivity contribution >= 4 is 11.9 Å². The number of aliphatic carboxylic acids is 1. The molecule has 0 radical (unpaired) electrons. The third-order valence-corrected chi connectivity index (χ3v) is 1.11. The minimum atomic E-state index is -0.745. The molecule has 0 saturated heterocycles. The first-order valence-corrected chi connectivity index (χ1v) is 4.31. The Kier molecular flexibility index (Phi) is 11.8. The van der Waals surface area contributed by atoms with E-state index in [0.29, 0.717) is 0 Å². The topological polar surface area (TPSA) is 102 Å². The summed E-state index contributed by atoms with van der Waals surface area (Å²) in [5, 5.41) is 7.72. The van der Waals surface area contributed by atoms with E-state index in [4.69, 9.17) is 16.6 Å². The van der Waals surface area contributed by atoms with Crippen LogP contribution in [0.2, 0.25) is 0 Å². The monoisotopic (exact) mass is 189 g/mol. The molecular formula is C8H19N3O2. The second-order valence-electron chi connectivity index (χ2n) is 2.41. The lowest BCUT2D eigenvalue weighted by Crippen LogP contribution is -2.22. The van der Waals surface area contributed by atoms with Crippen LogP contribution in [-0.4, -0.2) is 23.6 Å². The van der Waals surface area contributed by atoms with E-state index in [1.807, 2.05) is 0 Å². The lowest BCUT2D eigenvalue weighted by atomic mass is 10.3. The zero-order chi connectivity index (χ0) is 10.7. The van der Waals surface area contributed by atoms with Gasteiger partial charge in [-0.05, 0) is 6.42 Å². The molecule has 0 unspecified atom stereocenters. The number of carbonyl (C=O) groups is 1. The van der Waals surface area contributed by atoms with Gasteiger partial charge >= 0.3 is 5.97 Å². The van der Waals surface area contributed by atoms with Crippen LogP contribution in [0, 0.1) is 0 Å². The lowest BCUT2D eigenvalue weighted by Gasteiger charge is -1.89. The molecule has 0 aliphatic rings. The van der Waals surface area contributed by atoms with Crippen LogP contribution < -0.4 is 11.5 Å². The first-order chi connectivity index (χ1) is 6.04. The lowest BCUT2D eigenvalue weighted by molar-refractivity contribution is -0.136. The summed E-state index contributed by atoms with van der Waals surface area (Å²) in [6.45, 7) is 4.46. The van der Waals surface area contributed by atoms with Gasteiger partial charge in [0, 0.05) is 13.0 Å². The van der Waals surface area contributed by atoms with Crippen LogP contribution in [-0.2, 0) is 4.79 Å². The Morgan fingerprint density at radius 1 is 1.38 bits per heavy atom. The van der Waals surface area contributed by atoms with E-state index in [1.165, 1.54) is 0 Å². The van der Waals surface area contributed by atoms with Crippen molar-refractivity contribution in [3.05, 3.63) is 0 Å². The summed E-state index contributed by atoms with van der Waals surface area (Å²) in [5.74, 6) is -0.552. The van der Waals surface area contributed by atoms with E-state index in [2.05, 4.69) is 11.9 Å². The molecule has 0 heterocycles. The maximum atomic E-state index is 9.37. The molecule has 0 amide bonds. The van der Waals surface area contributed by atoms with Crippen LogP contribution in [0.25, 0.3) is 0 Å². The minimum absolute atomic E-state index is 0.193. The van der Waals surface area contributed by atoms with Gasteiger partial charge in [0.05, 0.1) is 0 Å². The van der Waals surface area contributed by atoms with Crippen LogP contribution >= 0.6 is 0 Å². The number of hydrogen-bond acceptors (Lipinski definition) is 2. The summed E-state index contributed by atoms with van der Waals surface area (Å²) < 4.78 is 0.